The summed E-state index contributed by atoms with van der Waals surface area (Å²) in [5, 5.41) is 3.11. The van der Waals surface area contributed by atoms with Gasteiger partial charge in [0.1, 0.15) is 6.04 Å². The molecule has 1 amide bonds. The van der Waals surface area contributed by atoms with Crippen molar-refractivity contribution in [2.75, 3.05) is 10.6 Å². The van der Waals surface area contributed by atoms with Crippen LogP contribution in [-0.4, -0.2) is 32.7 Å². The number of hydrogen-bond acceptors (Lipinski definition) is 3. The van der Waals surface area contributed by atoms with Gasteiger partial charge in [-0.25, -0.2) is 8.42 Å². The molecule has 0 unspecified atom stereocenters. The first-order valence-corrected chi connectivity index (χ1v) is 10.9. The van der Waals surface area contributed by atoms with Crippen molar-refractivity contribution in [1.29, 1.82) is 0 Å². The lowest BCUT2D eigenvalue weighted by Crippen LogP contribution is -2.51. The van der Waals surface area contributed by atoms with Crippen molar-refractivity contribution < 1.29 is 13.2 Å². The topological polar surface area (TPSA) is 66.5 Å². The Kier molecular flexibility index (Phi) is 4.84. The Balaban J connectivity index is 1.80. The van der Waals surface area contributed by atoms with Gasteiger partial charge in [0.2, 0.25) is 15.9 Å². The lowest BCUT2D eigenvalue weighted by Gasteiger charge is -2.31. The van der Waals surface area contributed by atoms with Crippen LogP contribution in [0.25, 0.3) is 0 Å². The van der Waals surface area contributed by atoms with Crippen LogP contribution >= 0.6 is 0 Å². The fourth-order valence-electron chi connectivity index (χ4n) is 4.40. The molecule has 3 rings (SSSR count). The van der Waals surface area contributed by atoms with Crippen molar-refractivity contribution >= 4 is 21.6 Å². The maximum Gasteiger partial charge on any atom is 0.243 e. The summed E-state index contributed by atoms with van der Waals surface area (Å²) in [4.78, 5) is 12.8. The average molecular weight is 365 g/mol. The molecule has 6 heteroatoms. The molecule has 4 atom stereocenters. The molecule has 0 aromatic heterocycles. The molecule has 2 bridgehead atoms. The van der Waals surface area contributed by atoms with E-state index in [1.807, 2.05) is 26.0 Å². The van der Waals surface area contributed by atoms with E-state index in [-0.39, 0.29) is 11.9 Å². The van der Waals surface area contributed by atoms with Crippen LogP contribution in [0.3, 0.4) is 0 Å². The normalized spacial score (nSPS) is 26.5. The summed E-state index contributed by atoms with van der Waals surface area (Å²) in [5.74, 6) is 1.09. The number of aryl methyl sites for hydroxylation is 2. The summed E-state index contributed by atoms with van der Waals surface area (Å²) >= 11 is 0. The number of anilines is 1. The van der Waals surface area contributed by atoms with Gasteiger partial charge < -0.3 is 5.32 Å². The lowest BCUT2D eigenvalue weighted by molar-refractivity contribution is -0.122. The predicted octanol–water partition coefficient (Wildman–Crippen LogP) is 2.76. The highest BCUT2D eigenvalue weighted by molar-refractivity contribution is 7.92. The van der Waals surface area contributed by atoms with E-state index < -0.39 is 16.1 Å². The van der Waals surface area contributed by atoms with Crippen LogP contribution in [0.1, 0.15) is 43.7 Å². The average Bonchev–Trinajstić information content (AvgIpc) is 3.12. The summed E-state index contributed by atoms with van der Waals surface area (Å²) in [6.45, 7) is 5.59. The Bertz CT molecular complexity index is 775. The first-order chi connectivity index (χ1) is 11.7. The molecule has 0 aliphatic heterocycles. The van der Waals surface area contributed by atoms with Gasteiger partial charge in [0.05, 0.1) is 11.9 Å². The van der Waals surface area contributed by atoms with E-state index in [4.69, 9.17) is 0 Å². The van der Waals surface area contributed by atoms with E-state index in [1.165, 1.54) is 23.6 Å². The van der Waals surface area contributed by atoms with E-state index >= 15 is 0 Å². The van der Waals surface area contributed by atoms with Gasteiger partial charge >= 0.3 is 0 Å². The van der Waals surface area contributed by atoms with Gasteiger partial charge in [0, 0.05) is 6.04 Å². The minimum absolute atomic E-state index is 0.204. The third-order valence-corrected chi connectivity index (χ3v) is 7.14. The highest BCUT2D eigenvalue weighted by Crippen LogP contribution is 2.44. The van der Waals surface area contributed by atoms with Crippen molar-refractivity contribution in [2.45, 2.75) is 58.5 Å². The molecule has 25 heavy (non-hydrogen) atoms. The summed E-state index contributed by atoms with van der Waals surface area (Å²) in [6.07, 6.45) is 5.84. The molecule has 0 radical (unpaired) electrons. The number of carbonyl (C=O) groups excluding carboxylic acids is 1. The minimum atomic E-state index is -3.56. The molecule has 0 heterocycles. The Morgan fingerprint density at radius 2 is 1.92 bits per heavy atom. The molecule has 2 aliphatic carbocycles. The number of amides is 1. The summed E-state index contributed by atoms with van der Waals surface area (Å²) in [7, 11) is -3.56. The molecule has 2 aliphatic rings. The Labute approximate surface area is 150 Å². The van der Waals surface area contributed by atoms with Crippen LogP contribution in [0.4, 0.5) is 5.69 Å². The van der Waals surface area contributed by atoms with Crippen molar-refractivity contribution in [1.82, 2.24) is 5.32 Å². The van der Waals surface area contributed by atoms with Crippen molar-refractivity contribution in [2.24, 2.45) is 11.8 Å². The van der Waals surface area contributed by atoms with Gasteiger partial charge in [0.15, 0.2) is 0 Å². The van der Waals surface area contributed by atoms with Gasteiger partial charge in [-0.2, -0.15) is 0 Å². The lowest BCUT2D eigenvalue weighted by atomic mass is 9.95. The van der Waals surface area contributed by atoms with Gasteiger partial charge in [0.25, 0.3) is 0 Å². The molecular weight excluding hydrogens is 336 g/mol. The molecule has 1 aromatic carbocycles. The maximum atomic E-state index is 12.8. The number of sulfonamides is 1. The molecule has 138 valence electrons. The smallest absolute Gasteiger partial charge is 0.243 e. The zero-order valence-corrected chi connectivity index (χ0v) is 16.3. The first kappa shape index (κ1) is 18.2. The van der Waals surface area contributed by atoms with Crippen LogP contribution in [0.2, 0.25) is 0 Å². The van der Waals surface area contributed by atoms with Crippen molar-refractivity contribution in [3.8, 4) is 0 Å². The predicted molar refractivity (Wildman–Crippen MR) is 100 cm³/mol. The number of rotatable bonds is 5. The number of fused-ring (bicyclic) bond motifs is 2. The zero-order valence-electron chi connectivity index (χ0n) is 15.5. The van der Waals surface area contributed by atoms with Crippen molar-refractivity contribution in [3.05, 3.63) is 29.3 Å². The van der Waals surface area contributed by atoms with Crippen LogP contribution < -0.4 is 9.62 Å². The molecule has 2 saturated carbocycles. The van der Waals surface area contributed by atoms with E-state index in [0.717, 1.165) is 29.7 Å². The summed E-state index contributed by atoms with van der Waals surface area (Å²) < 4.78 is 26.0. The maximum absolute atomic E-state index is 12.8. The molecule has 5 nitrogen and oxygen atoms in total. The van der Waals surface area contributed by atoms with E-state index in [2.05, 4.69) is 5.32 Å². The highest BCUT2D eigenvalue weighted by Gasteiger charge is 2.41. The minimum Gasteiger partial charge on any atom is -0.351 e. The fourth-order valence-corrected chi connectivity index (χ4v) is 5.56. The second-order valence-corrected chi connectivity index (χ2v) is 9.65. The Hall–Kier alpha value is -1.56. The molecule has 0 saturated heterocycles. The summed E-state index contributed by atoms with van der Waals surface area (Å²) in [5.41, 5.74) is 2.64. The standard InChI is InChI=1S/C19H28N2O3S/c1-12-5-8-17(9-13(12)2)21(25(4,23)24)14(3)19(22)20-18-11-15-6-7-16(18)10-15/h5,8-9,14-16,18H,6-7,10-11H2,1-4H3,(H,20,22)/t14-,15-,16-,18-/m1/s1. The van der Waals surface area contributed by atoms with Crippen LogP contribution in [0.15, 0.2) is 18.2 Å². The van der Waals surface area contributed by atoms with Crippen molar-refractivity contribution in [3.63, 3.8) is 0 Å². The second-order valence-electron chi connectivity index (χ2n) is 7.79. The SMILES string of the molecule is Cc1ccc(N([C@H](C)C(=O)N[C@@H]2C[C@@H]3CC[C@@H]2C3)S(C)(=O)=O)cc1C. The van der Waals surface area contributed by atoms with E-state index in [0.29, 0.717) is 11.6 Å². The zero-order chi connectivity index (χ0) is 18.4. The van der Waals surface area contributed by atoms with Gasteiger partial charge in [-0.05, 0) is 75.1 Å². The van der Waals surface area contributed by atoms with Crippen LogP contribution in [0, 0.1) is 25.7 Å². The molecular formula is C19H28N2O3S. The second kappa shape index (κ2) is 6.63. The fraction of sp³-hybridized carbons (Fsp3) is 0.632. The first-order valence-electron chi connectivity index (χ1n) is 9.04. The van der Waals surface area contributed by atoms with Gasteiger partial charge in [-0.15, -0.1) is 0 Å². The van der Waals surface area contributed by atoms with E-state index in [1.54, 1.807) is 13.0 Å². The molecule has 1 N–H and O–H groups in total. The number of benzene rings is 1. The number of hydrogen-bond donors (Lipinski definition) is 1. The number of carbonyl (C=O) groups is 1. The summed E-state index contributed by atoms with van der Waals surface area (Å²) in [6, 6.07) is 4.93. The molecule has 0 spiro atoms. The number of nitrogens with zero attached hydrogens (tertiary/aromatic N) is 1. The highest BCUT2D eigenvalue weighted by atomic mass is 32.2. The quantitative estimate of drug-likeness (QED) is 0.874. The van der Waals surface area contributed by atoms with Gasteiger partial charge in [-0.1, -0.05) is 12.5 Å². The monoisotopic (exact) mass is 364 g/mol. The van der Waals surface area contributed by atoms with Gasteiger partial charge in [-0.3, -0.25) is 9.10 Å². The largest absolute Gasteiger partial charge is 0.351 e. The third-order valence-electron chi connectivity index (χ3n) is 5.90. The van der Waals surface area contributed by atoms with E-state index in [9.17, 15) is 13.2 Å². The van der Waals surface area contributed by atoms with Crippen LogP contribution in [0.5, 0.6) is 0 Å². The van der Waals surface area contributed by atoms with Crippen LogP contribution in [-0.2, 0) is 14.8 Å². The number of nitrogens with one attached hydrogen (secondary N) is 1. The Morgan fingerprint density at radius 3 is 2.44 bits per heavy atom. The molecule has 1 aromatic rings. The third kappa shape index (κ3) is 3.68. The molecule has 2 fully saturated rings. The Morgan fingerprint density at radius 1 is 1.20 bits per heavy atom.